The van der Waals surface area contributed by atoms with E-state index in [9.17, 15) is 4.79 Å². The molecule has 1 amide bonds. The molecule has 0 aliphatic carbocycles. The van der Waals surface area contributed by atoms with Gasteiger partial charge in [-0.1, -0.05) is 18.2 Å². The summed E-state index contributed by atoms with van der Waals surface area (Å²) in [5, 5.41) is 0. The van der Waals surface area contributed by atoms with E-state index in [-0.39, 0.29) is 18.1 Å². The van der Waals surface area contributed by atoms with E-state index < -0.39 is 0 Å². The molecule has 2 unspecified atom stereocenters. The average Bonchev–Trinajstić information content (AvgIpc) is 2.48. The predicted molar refractivity (Wildman–Crippen MR) is 73.9 cm³/mol. The molecule has 0 radical (unpaired) electrons. The van der Waals surface area contributed by atoms with E-state index in [4.69, 9.17) is 10.5 Å². The molecule has 2 heterocycles. The van der Waals surface area contributed by atoms with Gasteiger partial charge in [-0.2, -0.15) is 0 Å². The molecule has 0 aromatic heterocycles. The summed E-state index contributed by atoms with van der Waals surface area (Å²) in [4.78, 5) is 14.4. The smallest absolute Gasteiger partial charge is 0.256 e. The molecule has 2 N–H and O–H groups in total. The van der Waals surface area contributed by atoms with E-state index in [0.717, 1.165) is 36.9 Å². The van der Waals surface area contributed by atoms with Crippen LogP contribution in [-0.4, -0.2) is 25.2 Å². The van der Waals surface area contributed by atoms with Crippen molar-refractivity contribution in [3.05, 3.63) is 29.8 Å². The SMILES string of the molecule is NC1CCN(C(=O)C2CCCCO2)c2ccccc21. The van der Waals surface area contributed by atoms with Crippen LogP contribution >= 0.6 is 0 Å². The van der Waals surface area contributed by atoms with Crippen LogP contribution in [0, 0.1) is 0 Å². The maximum absolute atomic E-state index is 12.6. The van der Waals surface area contributed by atoms with Gasteiger partial charge in [-0.05, 0) is 37.3 Å². The van der Waals surface area contributed by atoms with Crippen LogP contribution in [-0.2, 0) is 9.53 Å². The molecule has 0 bridgehead atoms. The second kappa shape index (κ2) is 5.31. The van der Waals surface area contributed by atoms with Crippen molar-refractivity contribution >= 4 is 11.6 Å². The molecular weight excluding hydrogens is 240 g/mol. The van der Waals surface area contributed by atoms with Gasteiger partial charge in [0.25, 0.3) is 5.91 Å². The molecule has 1 aromatic rings. The zero-order chi connectivity index (χ0) is 13.2. The fourth-order valence-electron chi connectivity index (χ4n) is 2.93. The fraction of sp³-hybridized carbons (Fsp3) is 0.533. The molecule has 102 valence electrons. The quantitative estimate of drug-likeness (QED) is 0.840. The van der Waals surface area contributed by atoms with E-state index in [1.165, 1.54) is 0 Å². The highest BCUT2D eigenvalue weighted by atomic mass is 16.5. The van der Waals surface area contributed by atoms with Gasteiger partial charge in [0.15, 0.2) is 0 Å². The van der Waals surface area contributed by atoms with E-state index in [1.807, 2.05) is 29.2 Å². The summed E-state index contributed by atoms with van der Waals surface area (Å²) in [6.45, 7) is 1.39. The van der Waals surface area contributed by atoms with Crippen molar-refractivity contribution in [2.24, 2.45) is 5.73 Å². The van der Waals surface area contributed by atoms with E-state index >= 15 is 0 Å². The third-order valence-electron chi connectivity index (χ3n) is 4.01. The summed E-state index contributed by atoms with van der Waals surface area (Å²) in [5.74, 6) is 0.0963. The number of rotatable bonds is 1. The van der Waals surface area contributed by atoms with Gasteiger partial charge in [-0.15, -0.1) is 0 Å². The highest BCUT2D eigenvalue weighted by Gasteiger charge is 2.32. The van der Waals surface area contributed by atoms with Gasteiger partial charge in [-0.25, -0.2) is 0 Å². The largest absolute Gasteiger partial charge is 0.368 e. The lowest BCUT2D eigenvalue weighted by atomic mass is 9.96. The van der Waals surface area contributed by atoms with Crippen molar-refractivity contribution in [1.29, 1.82) is 0 Å². The summed E-state index contributed by atoms with van der Waals surface area (Å²) >= 11 is 0. The van der Waals surface area contributed by atoms with Crippen LogP contribution in [0.2, 0.25) is 0 Å². The lowest BCUT2D eigenvalue weighted by Gasteiger charge is -2.35. The topological polar surface area (TPSA) is 55.6 Å². The molecule has 2 aliphatic rings. The lowest BCUT2D eigenvalue weighted by molar-refractivity contribution is -0.132. The van der Waals surface area contributed by atoms with Gasteiger partial charge in [0.2, 0.25) is 0 Å². The normalized spacial score (nSPS) is 26.9. The summed E-state index contributed by atoms with van der Waals surface area (Å²) in [7, 11) is 0. The van der Waals surface area contributed by atoms with Crippen LogP contribution in [0.1, 0.15) is 37.3 Å². The molecule has 4 nitrogen and oxygen atoms in total. The minimum absolute atomic E-state index is 0.0347. The van der Waals surface area contributed by atoms with Crippen LogP contribution in [0.5, 0.6) is 0 Å². The minimum atomic E-state index is -0.267. The summed E-state index contributed by atoms with van der Waals surface area (Å²) in [5.41, 5.74) is 8.14. The standard InChI is InChI=1S/C15H20N2O2/c16-12-8-9-17(13-6-2-1-5-11(12)13)15(18)14-7-3-4-10-19-14/h1-2,5-6,12,14H,3-4,7-10,16H2. The highest BCUT2D eigenvalue weighted by molar-refractivity contribution is 5.97. The molecule has 0 saturated carbocycles. The Kier molecular flexibility index (Phi) is 3.53. The van der Waals surface area contributed by atoms with Crippen LogP contribution in [0.25, 0.3) is 0 Å². The number of hydrogen-bond acceptors (Lipinski definition) is 3. The second-order valence-corrected chi connectivity index (χ2v) is 5.30. The maximum atomic E-state index is 12.6. The Morgan fingerprint density at radius 3 is 2.89 bits per heavy atom. The van der Waals surface area contributed by atoms with Crippen molar-refractivity contribution in [3.8, 4) is 0 Å². The van der Waals surface area contributed by atoms with Gasteiger partial charge in [0.05, 0.1) is 0 Å². The third kappa shape index (κ3) is 2.38. The molecule has 1 fully saturated rings. The molecular formula is C15H20N2O2. The molecule has 1 saturated heterocycles. The van der Waals surface area contributed by atoms with Gasteiger partial charge in [-0.3, -0.25) is 4.79 Å². The number of ether oxygens (including phenoxy) is 1. The van der Waals surface area contributed by atoms with E-state index in [1.54, 1.807) is 0 Å². The monoisotopic (exact) mass is 260 g/mol. The van der Waals surface area contributed by atoms with Crippen LogP contribution in [0.4, 0.5) is 5.69 Å². The molecule has 4 heteroatoms. The first kappa shape index (κ1) is 12.6. The molecule has 1 aromatic carbocycles. The number of para-hydroxylation sites is 1. The molecule has 2 aliphatic heterocycles. The average molecular weight is 260 g/mol. The number of fused-ring (bicyclic) bond motifs is 1. The van der Waals surface area contributed by atoms with E-state index in [2.05, 4.69) is 0 Å². The lowest BCUT2D eigenvalue weighted by Crippen LogP contribution is -2.45. The van der Waals surface area contributed by atoms with Crippen molar-refractivity contribution in [3.63, 3.8) is 0 Å². The summed E-state index contributed by atoms with van der Waals surface area (Å²) < 4.78 is 5.61. The number of nitrogens with two attached hydrogens (primary N) is 1. The Morgan fingerprint density at radius 1 is 1.26 bits per heavy atom. The van der Waals surface area contributed by atoms with Crippen molar-refractivity contribution in [2.45, 2.75) is 37.8 Å². The summed E-state index contributed by atoms with van der Waals surface area (Å²) in [6.07, 6.45) is 3.52. The van der Waals surface area contributed by atoms with Crippen molar-refractivity contribution in [2.75, 3.05) is 18.1 Å². The molecule has 0 spiro atoms. The number of benzene rings is 1. The Bertz CT molecular complexity index is 469. The number of amides is 1. The Morgan fingerprint density at radius 2 is 2.11 bits per heavy atom. The zero-order valence-electron chi connectivity index (χ0n) is 11.0. The summed E-state index contributed by atoms with van der Waals surface area (Å²) in [6, 6.07) is 7.96. The Hall–Kier alpha value is -1.39. The third-order valence-corrected chi connectivity index (χ3v) is 4.01. The maximum Gasteiger partial charge on any atom is 0.256 e. The molecule has 2 atom stereocenters. The first-order valence-electron chi connectivity index (χ1n) is 7.05. The first-order chi connectivity index (χ1) is 9.27. The molecule has 19 heavy (non-hydrogen) atoms. The van der Waals surface area contributed by atoms with Crippen molar-refractivity contribution < 1.29 is 9.53 Å². The fourth-order valence-corrected chi connectivity index (χ4v) is 2.93. The first-order valence-corrected chi connectivity index (χ1v) is 7.05. The number of carbonyl (C=O) groups is 1. The van der Waals surface area contributed by atoms with Gasteiger partial charge >= 0.3 is 0 Å². The number of anilines is 1. The van der Waals surface area contributed by atoms with Crippen LogP contribution < -0.4 is 10.6 Å². The van der Waals surface area contributed by atoms with E-state index in [0.29, 0.717) is 13.2 Å². The van der Waals surface area contributed by atoms with Gasteiger partial charge < -0.3 is 15.4 Å². The molecule has 3 rings (SSSR count). The van der Waals surface area contributed by atoms with Crippen LogP contribution in [0.15, 0.2) is 24.3 Å². The predicted octanol–water partition coefficient (Wildman–Crippen LogP) is 1.99. The highest BCUT2D eigenvalue weighted by Crippen LogP contribution is 2.33. The van der Waals surface area contributed by atoms with Gasteiger partial charge in [0.1, 0.15) is 6.10 Å². The van der Waals surface area contributed by atoms with Crippen LogP contribution in [0.3, 0.4) is 0 Å². The van der Waals surface area contributed by atoms with Gasteiger partial charge in [0, 0.05) is 24.9 Å². The Balaban J connectivity index is 1.85. The number of nitrogens with zero attached hydrogens (tertiary/aromatic N) is 1. The zero-order valence-corrected chi connectivity index (χ0v) is 11.0. The number of hydrogen-bond donors (Lipinski definition) is 1. The number of carbonyl (C=O) groups excluding carboxylic acids is 1. The Labute approximate surface area is 113 Å². The second-order valence-electron chi connectivity index (χ2n) is 5.30. The minimum Gasteiger partial charge on any atom is -0.368 e. The van der Waals surface area contributed by atoms with Crippen molar-refractivity contribution in [1.82, 2.24) is 0 Å².